The Balaban J connectivity index is 2.19. The number of ether oxygens (including phenoxy) is 2. The van der Waals surface area contributed by atoms with Crippen molar-refractivity contribution in [1.82, 2.24) is 5.32 Å². The minimum atomic E-state index is 0.241. The highest BCUT2D eigenvalue weighted by atomic mass is 16.7. The molecule has 0 saturated carbocycles. The van der Waals surface area contributed by atoms with E-state index in [1.165, 1.54) is 0 Å². The highest BCUT2D eigenvalue weighted by Crippen LogP contribution is 2.08. The standard InChI is InChI=1S/C11H23NO3/c1-9(2)11(3-5-13)12-7-10-4-6-14-8-15-10/h9-13H,3-8H2,1-2H3. The molecule has 2 unspecified atom stereocenters. The lowest BCUT2D eigenvalue weighted by Crippen LogP contribution is -2.42. The maximum atomic E-state index is 8.93. The smallest absolute Gasteiger partial charge is 0.147 e. The normalized spacial score (nSPS) is 24.4. The highest BCUT2D eigenvalue weighted by Gasteiger charge is 2.17. The molecule has 90 valence electrons. The first kappa shape index (κ1) is 12.9. The highest BCUT2D eigenvalue weighted by molar-refractivity contribution is 4.73. The zero-order chi connectivity index (χ0) is 11.1. The number of rotatable bonds is 6. The van der Waals surface area contributed by atoms with E-state index in [1.807, 2.05) is 0 Å². The molecule has 4 nitrogen and oxygen atoms in total. The second kappa shape index (κ2) is 7.17. The van der Waals surface area contributed by atoms with Gasteiger partial charge in [0.05, 0.1) is 12.7 Å². The average Bonchev–Trinajstić information content (AvgIpc) is 2.25. The summed E-state index contributed by atoms with van der Waals surface area (Å²) in [5.41, 5.74) is 0. The number of aliphatic hydroxyl groups is 1. The molecule has 0 radical (unpaired) electrons. The van der Waals surface area contributed by atoms with Crippen LogP contribution in [-0.2, 0) is 9.47 Å². The maximum Gasteiger partial charge on any atom is 0.147 e. The molecule has 2 N–H and O–H groups in total. The average molecular weight is 217 g/mol. The number of hydrogen-bond acceptors (Lipinski definition) is 4. The summed E-state index contributed by atoms with van der Waals surface area (Å²) in [6.07, 6.45) is 2.02. The van der Waals surface area contributed by atoms with Crippen LogP contribution < -0.4 is 5.32 Å². The van der Waals surface area contributed by atoms with Crippen molar-refractivity contribution in [3.05, 3.63) is 0 Å². The van der Waals surface area contributed by atoms with Crippen molar-refractivity contribution in [2.24, 2.45) is 5.92 Å². The maximum absolute atomic E-state index is 8.93. The lowest BCUT2D eigenvalue weighted by molar-refractivity contribution is -0.137. The van der Waals surface area contributed by atoms with Gasteiger partial charge < -0.3 is 19.9 Å². The summed E-state index contributed by atoms with van der Waals surface area (Å²) >= 11 is 0. The fourth-order valence-corrected chi connectivity index (χ4v) is 1.76. The molecule has 1 aliphatic heterocycles. The van der Waals surface area contributed by atoms with E-state index in [-0.39, 0.29) is 12.7 Å². The minimum absolute atomic E-state index is 0.241. The lowest BCUT2D eigenvalue weighted by Gasteiger charge is -2.27. The van der Waals surface area contributed by atoms with Crippen LogP contribution in [0.4, 0.5) is 0 Å². The SMILES string of the molecule is CC(C)C(CCO)NCC1CCOCO1. The molecule has 0 aromatic carbocycles. The van der Waals surface area contributed by atoms with Crippen molar-refractivity contribution >= 4 is 0 Å². The Bertz CT molecular complexity index is 158. The van der Waals surface area contributed by atoms with Gasteiger partial charge in [-0.15, -0.1) is 0 Å². The van der Waals surface area contributed by atoms with E-state index in [0.29, 0.717) is 18.8 Å². The van der Waals surface area contributed by atoms with Gasteiger partial charge in [-0.05, 0) is 18.8 Å². The van der Waals surface area contributed by atoms with Crippen molar-refractivity contribution in [3.8, 4) is 0 Å². The fourth-order valence-electron chi connectivity index (χ4n) is 1.76. The summed E-state index contributed by atoms with van der Waals surface area (Å²) in [5, 5.41) is 12.4. The molecular weight excluding hydrogens is 194 g/mol. The van der Waals surface area contributed by atoms with Crippen LogP contribution in [0.15, 0.2) is 0 Å². The van der Waals surface area contributed by atoms with Crippen LogP contribution >= 0.6 is 0 Å². The summed E-state index contributed by atoms with van der Waals surface area (Å²) < 4.78 is 10.6. The Kier molecular flexibility index (Phi) is 6.17. The first-order valence-corrected chi connectivity index (χ1v) is 5.77. The van der Waals surface area contributed by atoms with Crippen LogP contribution in [0.25, 0.3) is 0 Å². The topological polar surface area (TPSA) is 50.7 Å². The summed E-state index contributed by atoms with van der Waals surface area (Å²) in [4.78, 5) is 0. The number of nitrogens with one attached hydrogen (secondary N) is 1. The van der Waals surface area contributed by atoms with Gasteiger partial charge in [-0.2, -0.15) is 0 Å². The third kappa shape index (κ3) is 4.93. The molecule has 1 saturated heterocycles. The molecule has 1 aliphatic rings. The molecular formula is C11H23NO3. The molecule has 0 bridgehead atoms. The zero-order valence-corrected chi connectivity index (χ0v) is 9.74. The molecule has 2 atom stereocenters. The van der Waals surface area contributed by atoms with Crippen molar-refractivity contribution in [1.29, 1.82) is 0 Å². The molecule has 1 rings (SSSR count). The van der Waals surface area contributed by atoms with E-state index >= 15 is 0 Å². The minimum Gasteiger partial charge on any atom is -0.396 e. The molecule has 4 heteroatoms. The van der Waals surface area contributed by atoms with Gasteiger partial charge in [0.15, 0.2) is 0 Å². The molecule has 15 heavy (non-hydrogen) atoms. The van der Waals surface area contributed by atoms with Crippen LogP contribution in [0.3, 0.4) is 0 Å². The third-order valence-corrected chi connectivity index (χ3v) is 2.82. The second-order valence-electron chi connectivity index (χ2n) is 4.37. The van der Waals surface area contributed by atoms with Crippen LogP contribution in [0.1, 0.15) is 26.7 Å². The lowest BCUT2D eigenvalue weighted by atomic mass is 10.0. The van der Waals surface area contributed by atoms with Crippen LogP contribution in [-0.4, -0.2) is 43.8 Å². The van der Waals surface area contributed by atoms with E-state index < -0.39 is 0 Å². The monoisotopic (exact) mass is 217 g/mol. The van der Waals surface area contributed by atoms with Gasteiger partial charge in [-0.25, -0.2) is 0 Å². The first-order chi connectivity index (χ1) is 7.24. The predicted octanol–water partition coefficient (Wildman–Crippen LogP) is 0.746. The Labute approximate surface area is 92.0 Å². The molecule has 1 heterocycles. The second-order valence-corrected chi connectivity index (χ2v) is 4.37. The number of hydrogen-bond donors (Lipinski definition) is 2. The van der Waals surface area contributed by atoms with Gasteiger partial charge in [0.2, 0.25) is 0 Å². The van der Waals surface area contributed by atoms with Crippen molar-refractivity contribution in [2.45, 2.75) is 38.8 Å². The Hall–Kier alpha value is -0.160. The molecule has 0 aromatic rings. The van der Waals surface area contributed by atoms with Crippen LogP contribution in [0.5, 0.6) is 0 Å². The van der Waals surface area contributed by atoms with Gasteiger partial charge in [-0.3, -0.25) is 0 Å². The third-order valence-electron chi connectivity index (χ3n) is 2.82. The van der Waals surface area contributed by atoms with Crippen LogP contribution in [0, 0.1) is 5.92 Å². The Morgan fingerprint density at radius 1 is 1.47 bits per heavy atom. The van der Waals surface area contributed by atoms with E-state index in [4.69, 9.17) is 14.6 Å². The molecule has 1 fully saturated rings. The number of aliphatic hydroxyl groups excluding tert-OH is 1. The largest absolute Gasteiger partial charge is 0.396 e. The van der Waals surface area contributed by atoms with E-state index in [9.17, 15) is 0 Å². The van der Waals surface area contributed by atoms with Gasteiger partial charge in [0.25, 0.3) is 0 Å². The van der Waals surface area contributed by atoms with Gasteiger partial charge in [-0.1, -0.05) is 13.8 Å². The van der Waals surface area contributed by atoms with E-state index in [2.05, 4.69) is 19.2 Å². The summed E-state index contributed by atoms with van der Waals surface area (Å²) in [6, 6.07) is 0.376. The van der Waals surface area contributed by atoms with Crippen molar-refractivity contribution in [2.75, 3.05) is 26.6 Å². The fraction of sp³-hybridized carbons (Fsp3) is 1.00. The molecule has 0 amide bonds. The van der Waals surface area contributed by atoms with Gasteiger partial charge in [0, 0.05) is 19.2 Å². The van der Waals surface area contributed by atoms with Crippen LogP contribution in [0.2, 0.25) is 0 Å². The Morgan fingerprint density at radius 3 is 2.80 bits per heavy atom. The predicted molar refractivity (Wildman–Crippen MR) is 58.6 cm³/mol. The zero-order valence-electron chi connectivity index (χ0n) is 9.74. The quantitative estimate of drug-likeness (QED) is 0.689. The van der Waals surface area contributed by atoms with Crippen molar-refractivity contribution < 1.29 is 14.6 Å². The van der Waals surface area contributed by atoms with Gasteiger partial charge in [0.1, 0.15) is 6.79 Å². The van der Waals surface area contributed by atoms with Gasteiger partial charge >= 0.3 is 0 Å². The van der Waals surface area contributed by atoms with E-state index in [0.717, 1.165) is 26.0 Å². The Morgan fingerprint density at radius 2 is 2.27 bits per heavy atom. The van der Waals surface area contributed by atoms with E-state index in [1.54, 1.807) is 0 Å². The molecule has 0 aromatic heterocycles. The van der Waals surface area contributed by atoms with Crippen molar-refractivity contribution in [3.63, 3.8) is 0 Å². The molecule has 0 aliphatic carbocycles. The summed E-state index contributed by atoms with van der Waals surface area (Å²) in [5.74, 6) is 0.539. The summed E-state index contributed by atoms with van der Waals surface area (Å²) in [6.45, 7) is 6.63. The first-order valence-electron chi connectivity index (χ1n) is 5.77. The molecule has 0 spiro atoms. The summed E-state index contributed by atoms with van der Waals surface area (Å²) in [7, 11) is 0.